The maximum atomic E-state index is 10.8. The highest BCUT2D eigenvalue weighted by atomic mass is 16.4. The summed E-state index contributed by atoms with van der Waals surface area (Å²) < 4.78 is 0. The van der Waals surface area contributed by atoms with Crippen LogP contribution in [0.2, 0.25) is 0 Å². The van der Waals surface area contributed by atoms with Gasteiger partial charge in [-0.2, -0.15) is 0 Å². The van der Waals surface area contributed by atoms with Crippen LogP contribution in [0.5, 0.6) is 0 Å². The Kier molecular flexibility index (Phi) is 4.15. The Morgan fingerprint density at radius 2 is 2.12 bits per heavy atom. The largest absolute Gasteiger partial charge is 0.481 e. The molecule has 0 bridgehead atoms. The highest BCUT2D eigenvalue weighted by Gasteiger charge is 2.27. The van der Waals surface area contributed by atoms with Crippen molar-refractivity contribution in [1.29, 1.82) is 0 Å². The minimum absolute atomic E-state index is 0.147. The van der Waals surface area contributed by atoms with Gasteiger partial charge in [-0.15, -0.1) is 0 Å². The second-order valence-corrected chi connectivity index (χ2v) is 4.71. The number of benzene rings is 1. The minimum atomic E-state index is -0.643. The fourth-order valence-corrected chi connectivity index (χ4v) is 2.39. The maximum Gasteiger partial charge on any atom is 0.307 e. The number of rotatable bonds is 5. The highest BCUT2D eigenvalue weighted by molar-refractivity contribution is 5.70. The summed E-state index contributed by atoms with van der Waals surface area (Å²) in [5.41, 5.74) is 1.36. The predicted molar refractivity (Wildman–Crippen MR) is 66.9 cm³/mol. The van der Waals surface area contributed by atoms with Crippen molar-refractivity contribution in [2.24, 2.45) is 5.92 Å². The molecule has 1 saturated heterocycles. The summed E-state index contributed by atoms with van der Waals surface area (Å²) in [5, 5.41) is 8.91. The average molecular weight is 233 g/mol. The minimum Gasteiger partial charge on any atom is -0.481 e. The monoisotopic (exact) mass is 233 g/mol. The van der Waals surface area contributed by atoms with Gasteiger partial charge >= 0.3 is 5.97 Å². The molecule has 0 amide bonds. The van der Waals surface area contributed by atoms with Gasteiger partial charge in [0.05, 0.1) is 5.92 Å². The zero-order chi connectivity index (χ0) is 12.1. The standard InChI is InChI=1S/C14H19NO2/c16-14(17)13-8-10-15(11-13)9-4-7-12-5-2-1-3-6-12/h1-3,5-6,13H,4,7-11H2,(H,16,17). The maximum absolute atomic E-state index is 10.8. The van der Waals surface area contributed by atoms with E-state index in [1.54, 1.807) is 0 Å². The van der Waals surface area contributed by atoms with Gasteiger partial charge in [-0.3, -0.25) is 4.79 Å². The number of hydrogen-bond donors (Lipinski definition) is 1. The van der Waals surface area contributed by atoms with E-state index in [4.69, 9.17) is 5.11 Å². The van der Waals surface area contributed by atoms with Crippen LogP contribution in [0, 0.1) is 5.92 Å². The van der Waals surface area contributed by atoms with Gasteiger partial charge in [-0.25, -0.2) is 0 Å². The molecule has 1 unspecified atom stereocenters. The van der Waals surface area contributed by atoms with Crippen molar-refractivity contribution < 1.29 is 9.90 Å². The molecule has 17 heavy (non-hydrogen) atoms. The number of aryl methyl sites for hydroxylation is 1. The number of carboxylic acids is 1. The third-order valence-corrected chi connectivity index (χ3v) is 3.40. The van der Waals surface area contributed by atoms with Crippen molar-refractivity contribution in [2.45, 2.75) is 19.3 Å². The molecule has 1 aliphatic heterocycles. The molecule has 1 N–H and O–H groups in total. The third-order valence-electron chi connectivity index (χ3n) is 3.40. The van der Waals surface area contributed by atoms with Crippen LogP contribution in [0.3, 0.4) is 0 Å². The van der Waals surface area contributed by atoms with Gasteiger partial charge in [0.2, 0.25) is 0 Å². The fraction of sp³-hybridized carbons (Fsp3) is 0.500. The van der Waals surface area contributed by atoms with Gasteiger partial charge in [-0.05, 0) is 37.9 Å². The summed E-state index contributed by atoms with van der Waals surface area (Å²) in [5.74, 6) is -0.790. The first-order valence-electron chi connectivity index (χ1n) is 6.25. The lowest BCUT2D eigenvalue weighted by Crippen LogP contribution is -2.24. The molecule has 1 aromatic rings. The lowest BCUT2D eigenvalue weighted by Gasteiger charge is -2.14. The molecule has 1 aromatic carbocycles. The van der Waals surface area contributed by atoms with Gasteiger partial charge in [0.25, 0.3) is 0 Å². The molecule has 1 fully saturated rings. The molecule has 0 aliphatic carbocycles. The SMILES string of the molecule is O=C(O)C1CCN(CCCc2ccccc2)C1. The van der Waals surface area contributed by atoms with Gasteiger partial charge in [0.1, 0.15) is 0 Å². The van der Waals surface area contributed by atoms with Crippen molar-refractivity contribution in [3.8, 4) is 0 Å². The molecular weight excluding hydrogens is 214 g/mol. The van der Waals surface area contributed by atoms with Crippen LogP contribution in [-0.2, 0) is 11.2 Å². The van der Waals surface area contributed by atoms with E-state index >= 15 is 0 Å². The van der Waals surface area contributed by atoms with E-state index in [2.05, 4.69) is 29.2 Å². The van der Waals surface area contributed by atoms with Crippen LogP contribution in [-0.4, -0.2) is 35.6 Å². The predicted octanol–water partition coefficient (Wildman–Crippen LogP) is 2.03. The average Bonchev–Trinajstić information content (AvgIpc) is 2.79. The van der Waals surface area contributed by atoms with Gasteiger partial charge in [-0.1, -0.05) is 30.3 Å². The number of carboxylic acid groups (broad SMARTS) is 1. The quantitative estimate of drug-likeness (QED) is 0.846. The lowest BCUT2D eigenvalue weighted by molar-refractivity contribution is -0.141. The molecule has 1 aliphatic rings. The van der Waals surface area contributed by atoms with E-state index < -0.39 is 5.97 Å². The smallest absolute Gasteiger partial charge is 0.307 e. The fourth-order valence-electron chi connectivity index (χ4n) is 2.39. The van der Waals surface area contributed by atoms with Crippen molar-refractivity contribution in [1.82, 2.24) is 4.90 Å². The van der Waals surface area contributed by atoms with Crippen LogP contribution >= 0.6 is 0 Å². The van der Waals surface area contributed by atoms with E-state index in [9.17, 15) is 4.79 Å². The first-order chi connectivity index (χ1) is 8.25. The van der Waals surface area contributed by atoms with E-state index in [-0.39, 0.29) is 5.92 Å². The molecule has 2 rings (SSSR count). The number of nitrogens with zero attached hydrogens (tertiary/aromatic N) is 1. The molecule has 92 valence electrons. The summed E-state index contributed by atoms with van der Waals surface area (Å²) in [6.07, 6.45) is 2.99. The summed E-state index contributed by atoms with van der Waals surface area (Å²) in [4.78, 5) is 13.1. The summed E-state index contributed by atoms with van der Waals surface area (Å²) in [6.45, 7) is 2.68. The molecule has 0 aromatic heterocycles. The molecular formula is C14H19NO2. The second-order valence-electron chi connectivity index (χ2n) is 4.71. The van der Waals surface area contributed by atoms with Crippen LogP contribution in [0.1, 0.15) is 18.4 Å². The number of aliphatic carboxylic acids is 1. The van der Waals surface area contributed by atoms with Crippen molar-refractivity contribution in [2.75, 3.05) is 19.6 Å². The van der Waals surface area contributed by atoms with Gasteiger partial charge in [0.15, 0.2) is 0 Å². The van der Waals surface area contributed by atoms with Crippen LogP contribution in [0.25, 0.3) is 0 Å². The first kappa shape index (κ1) is 12.1. The Hall–Kier alpha value is -1.35. The van der Waals surface area contributed by atoms with Crippen molar-refractivity contribution in [3.05, 3.63) is 35.9 Å². The number of hydrogen-bond acceptors (Lipinski definition) is 2. The Bertz CT molecular complexity index is 364. The van der Waals surface area contributed by atoms with Crippen molar-refractivity contribution >= 4 is 5.97 Å². The molecule has 0 spiro atoms. The molecule has 3 heteroatoms. The Morgan fingerprint density at radius 1 is 1.35 bits per heavy atom. The van der Waals surface area contributed by atoms with Gasteiger partial charge in [0, 0.05) is 6.54 Å². The Morgan fingerprint density at radius 3 is 2.76 bits per heavy atom. The zero-order valence-electron chi connectivity index (χ0n) is 10.0. The van der Waals surface area contributed by atoms with Crippen LogP contribution in [0.15, 0.2) is 30.3 Å². The van der Waals surface area contributed by atoms with Crippen LogP contribution < -0.4 is 0 Å². The van der Waals surface area contributed by atoms with E-state index in [0.717, 1.165) is 38.9 Å². The highest BCUT2D eigenvalue weighted by Crippen LogP contribution is 2.16. The van der Waals surface area contributed by atoms with E-state index in [1.165, 1.54) is 5.56 Å². The number of likely N-dealkylation sites (tertiary alicyclic amines) is 1. The number of carbonyl (C=O) groups is 1. The Balaban J connectivity index is 1.68. The summed E-state index contributed by atoms with van der Waals surface area (Å²) >= 11 is 0. The lowest BCUT2D eigenvalue weighted by atomic mass is 10.1. The molecule has 1 atom stereocenters. The van der Waals surface area contributed by atoms with E-state index in [0.29, 0.717) is 0 Å². The van der Waals surface area contributed by atoms with Crippen LogP contribution in [0.4, 0.5) is 0 Å². The second kappa shape index (κ2) is 5.82. The van der Waals surface area contributed by atoms with Gasteiger partial charge < -0.3 is 10.0 Å². The zero-order valence-corrected chi connectivity index (χ0v) is 10.0. The van der Waals surface area contributed by atoms with E-state index in [1.807, 2.05) is 6.07 Å². The topological polar surface area (TPSA) is 40.5 Å². The normalized spacial score (nSPS) is 20.6. The first-order valence-corrected chi connectivity index (χ1v) is 6.25. The summed E-state index contributed by atoms with van der Waals surface area (Å²) in [7, 11) is 0. The molecule has 3 nitrogen and oxygen atoms in total. The third kappa shape index (κ3) is 3.56. The molecule has 1 heterocycles. The summed E-state index contributed by atoms with van der Waals surface area (Å²) in [6, 6.07) is 10.4. The molecule has 0 saturated carbocycles. The van der Waals surface area contributed by atoms with Crippen molar-refractivity contribution in [3.63, 3.8) is 0 Å². The Labute approximate surface area is 102 Å². The molecule has 0 radical (unpaired) electrons.